The molecule has 0 aromatic carbocycles. The largest absolute Gasteiger partial charge is 0.334 e. The second-order valence-electron chi connectivity index (χ2n) is 7.03. The van der Waals surface area contributed by atoms with Gasteiger partial charge in [-0.05, 0) is 26.8 Å². The minimum absolute atomic E-state index is 0.227. The van der Waals surface area contributed by atoms with E-state index >= 15 is 0 Å². The number of rotatable bonds is 6. The van der Waals surface area contributed by atoms with Crippen molar-refractivity contribution in [2.24, 2.45) is 0 Å². The van der Waals surface area contributed by atoms with Crippen molar-refractivity contribution in [3.8, 4) is 11.3 Å². The van der Waals surface area contributed by atoms with Crippen LogP contribution in [0.25, 0.3) is 16.9 Å². The van der Waals surface area contributed by atoms with Crippen LogP contribution in [0.3, 0.4) is 0 Å². The van der Waals surface area contributed by atoms with Crippen LogP contribution in [0.2, 0.25) is 5.02 Å². The summed E-state index contributed by atoms with van der Waals surface area (Å²) in [5, 5.41) is 13.9. The minimum Gasteiger partial charge on any atom is -0.334 e. The molecule has 4 rings (SSSR count). The Bertz CT molecular complexity index is 1220. The molecule has 4 aromatic rings. The van der Waals surface area contributed by atoms with Gasteiger partial charge in [-0.2, -0.15) is 15.3 Å². The predicted octanol–water partition coefficient (Wildman–Crippen LogP) is 3.06. The maximum atomic E-state index is 13.0. The molecule has 0 spiro atoms. The highest BCUT2D eigenvalue weighted by Crippen LogP contribution is 2.24. The van der Waals surface area contributed by atoms with E-state index in [-0.39, 0.29) is 5.91 Å². The second-order valence-corrected chi connectivity index (χ2v) is 7.44. The molecule has 0 aliphatic heterocycles. The highest BCUT2D eigenvalue weighted by Gasteiger charge is 2.20. The molecule has 0 saturated heterocycles. The monoisotopic (exact) mass is 426 g/mol. The predicted molar refractivity (Wildman–Crippen MR) is 113 cm³/mol. The normalized spacial score (nSPS) is 11.4. The van der Waals surface area contributed by atoms with E-state index in [1.165, 1.54) is 0 Å². The van der Waals surface area contributed by atoms with Crippen molar-refractivity contribution in [3.63, 3.8) is 0 Å². The summed E-state index contributed by atoms with van der Waals surface area (Å²) in [6, 6.07) is 3.56. The molecule has 4 aromatic heterocycles. The Hall–Kier alpha value is -3.20. The Kier molecular flexibility index (Phi) is 5.29. The number of carbonyl (C=O) groups excluding carboxylic acids is 1. The van der Waals surface area contributed by atoms with Gasteiger partial charge in [0, 0.05) is 49.9 Å². The summed E-state index contributed by atoms with van der Waals surface area (Å²) in [6.07, 6.45) is 5.29. The van der Waals surface area contributed by atoms with E-state index in [1.807, 2.05) is 37.7 Å². The highest BCUT2D eigenvalue weighted by molar-refractivity contribution is 6.31. The fraction of sp³-hybridized carbons (Fsp3) is 0.350. The van der Waals surface area contributed by atoms with Gasteiger partial charge >= 0.3 is 0 Å². The molecule has 30 heavy (non-hydrogen) atoms. The van der Waals surface area contributed by atoms with Crippen LogP contribution in [-0.4, -0.2) is 52.0 Å². The Morgan fingerprint density at radius 1 is 1.23 bits per heavy atom. The number of hydrogen-bond acceptors (Lipinski definition) is 5. The molecule has 1 amide bonds. The average molecular weight is 427 g/mol. The zero-order chi connectivity index (χ0) is 21.4. The number of aryl methyl sites for hydroxylation is 2. The van der Waals surface area contributed by atoms with Gasteiger partial charge in [0.05, 0.1) is 23.5 Å². The Balaban J connectivity index is 1.65. The second kappa shape index (κ2) is 7.91. The molecule has 0 saturated carbocycles. The fourth-order valence-corrected chi connectivity index (χ4v) is 3.63. The molecular formula is C20H23ClN8O. The smallest absolute Gasteiger partial charge is 0.274 e. The lowest BCUT2D eigenvalue weighted by atomic mass is 10.2. The van der Waals surface area contributed by atoms with Crippen molar-refractivity contribution in [1.82, 2.24) is 39.1 Å². The van der Waals surface area contributed by atoms with Crippen LogP contribution < -0.4 is 0 Å². The molecule has 156 valence electrons. The molecule has 9 nitrogen and oxygen atoms in total. The first kappa shape index (κ1) is 20.1. The van der Waals surface area contributed by atoms with Gasteiger partial charge in [0.25, 0.3) is 5.91 Å². The summed E-state index contributed by atoms with van der Waals surface area (Å²) < 4.78 is 5.35. The number of carbonyl (C=O) groups is 1. The zero-order valence-corrected chi connectivity index (χ0v) is 18.1. The molecule has 0 aliphatic carbocycles. The molecule has 4 heterocycles. The van der Waals surface area contributed by atoms with Gasteiger partial charge in [-0.25, -0.2) is 9.50 Å². The molecule has 10 heteroatoms. The molecular weight excluding hydrogens is 404 g/mol. The van der Waals surface area contributed by atoms with Gasteiger partial charge in [0.2, 0.25) is 0 Å². The SMILES string of the molecule is CCn1cc(Cl)c(CN(C)C(=O)c2cc3nccc(-c4cnn(CC)c4C)n3n2)n1. The lowest BCUT2D eigenvalue weighted by molar-refractivity contribution is 0.0777. The van der Waals surface area contributed by atoms with Crippen molar-refractivity contribution in [2.45, 2.75) is 40.4 Å². The number of aromatic nitrogens is 7. The van der Waals surface area contributed by atoms with Crippen molar-refractivity contribution in [1.29, 1.82) is 0 Å². The van der Waals surface area contributed by atoms with Gasteiger partial charge in [-0.3, -0.25) is 14.2 Å². The van der Waals surface area contributed by atoms with Crippen LogP contribution in [0.4, 0.5) is 0 Å². The lowest BCUT2D eigenvalue weighted by Crippen LogP contribution is -2.27. The number of amides is 1. The van der Waals surface area contributed by atoms with Crippen LogP contribution in [0.5, 0.6) is 0 Å². The first-order chi connectivity index (χ1) is 14.4. The first-order valence-corrected chi connectivity index (χ1v) is 10.2. The van der Waals surface area contributed by atoms with E-state index in [0.717, 1.165) is 23.5 Å². The maximum Gasteiger partial charge on any atom is 0.274 e. The lowest BCUT2D eigenvalue weighted by Gasteiger charge is -2.14. The molecule has 0 unspecified atom stereocenters. The fourth-order valence-electron chi connectivity index (χ4n) is 3.42. The number of fused-ring (bicyclic) bond motifs is 1. The summed E-state index contributed by atoms with van der Waals surface area (Å²) >= 11 is 6.24. The highest BCUT2D eigenvalue weighted by atomic mass is 35.5. The van der Waals surface area contributed by atoms with E-state index in [9.17, 15) is 4.79 Å². The van der Waals surface area contributed by atoms with Crippen LogP contribution in [-0.2, 0) is 19.6 Å². The van der Waals surface area contributed by atoms with Crippen molar-refractivity contribution >= 4 is 23.2 Å². The Morgan fingerprint density at radius 2 is 2.03 bits per heavy atom. The molecule has 0 atom stereocenters. The van der Waals surface area contributed by atoms with Gasteiger partial charge in [-0.15, -0.1) is 0 Å². The van der Waals surface area contributed by atoms with Crippen LogP contribution in [0, 0.1) is 6.92 Å². The topological polar surface area (TPSA) is 86.1 Å². The number of halogens is 1. The molecule has 0 aliphatic rings. The van der Waals surface area contributed by atoms with Gasteiger partial charge in [-0.1, -0.05) is 11.6 Å². The third-order valence-corrected chi connectivity index (χ3v) is 5.42. The van der Waals surface area contributed by atoms with E-state index in [4.69, 9.17) is 11.6 Å². The number of hydrogen-bond donors (Lipinski definition) is 0. The van der Waals surface area contributed by atoms with Crippen LogP contribution in [0.1, 0.15) is 35.7 Å². The maximum absolute atomic E-state index is 13.0. The van der Waals surface area contributed by atoms with Gasteiger partial charge < -0.3 is 4.90 Å². The molecule has 0 fully saturated rings. The summed E-state index contributed by atoms with van der Waals surface area (Å²) in [5.74, 6) is -0.227. The summed E-state index contributed by atoms with van der Waals surface area (Å²) in [6.45, 7) is 7.83. The number of nitrogens with zero attached hydrogens (tertiary/aromatic N) is 8. The third-order valence-electron chi connectivity index (χ3n) is 5.10. The Morgan fingerprint density at radius 3 is 2.70 bits per heavy atom. The summed E-state index contributed by atoms with van der Waals surface area (Å²) in [4.78, 5) is 18.9. The van der Waals surface area contributed by atoms with Gasteiger partial charge in [0.15, 0.2) is 11.3 Å². The van der Waals surface area contributed by atoms with Crippen molar-refractivity contribution in [3.05, 3.63) is 52.8 Å². The van der Waals surface area contributed by atoms with Crippen molar-refractivity contribution in [2.75, 3.05) is 7.05 Å². The standard InChI is InChI=1S/C20H23ClN8O/c1-5-27-11-15(21)17(24-27)12-26(4)20(30)16-9-19-22-8-7-18(29(19)25-16)14-10-23-28(6-2)13(14)3/h7-11H,5-6,12H2,1-4H3. The van der Waals surface area contributed by atoms with Gasteiger partial charge in [0.1, 0.15) is 5.69 Å². The van der Waals surface area contributed by atoms with E-state index < -0.39 is 0 Å². The van der Waals surface area contributed by atoms with Crippen LogP contribution >= 0.6 is 11.6 Å². The third kappa shape index (κ3) is 3.45. The Labute approximate surface area is 178 Å². The zero-order valence-electron chi connectivity index (χ0n) is 17.4. The minimum atomic E-state index is -0.227. The molecule has 0 radical (unpaired) electrons. The summed E-state index contributed by atoms with van der Waals surface area (Å²) in [7, 11) is 1.71. The summed E-state index contributed by atoms with van der Waals surface area (Å²) in [5.41, 5.74) is 4.39. The molecule has 0 bridgehead atoms. The first-order valence-electron chi connectivity index (χ1n) is 9.77. The van der Waals surface area contributed by atoms with E-state index in [1.54, 1.807) is 39.6 Å². The molecule has 0 N–H and O–H groups in total. The average Bonchev–Trinajstić information content (AvgIpc) is 3.43. The van der Waals surface area contributed by atoms with Crippen LogP contribution in [0.15, 0.2) is 30.7 Å². The van der Waals surface area contributed by atoms with Crippen molar-refractivity contribution < 1.29 is 4.79 Å². The van der Waals surface area contributed by atoms with E-state index in [0.29, 0.717) is 35.1 Å². The quantitative estimate of drug-likeness (QED) is 0.473. The van der Waals surface area contributed by atoms with E-state index in [2.05, 4.69) is 20.3 Å².